The number of nitrogens with zero attached hydrogens (tertiary/aromatic N) is 2. The minimum atomic E-state index is -4.19. The van der Waals surface area contributed by atoms with E-state index in [4.69, 9.17) is 16.3 Å². The molecule has 0 spiro atoms. The van der Waals surface area contributed by atoms with Crippen LogP contribution in [0.4, 0.5) is 5.69 Å². The highest BCUT2D eigenvalue weighted by Crippen LogP contribution is 2.46. The summed E-state index contributed by atoms with van der Waals surface area (Å²) in [6, 6.07) is 16.4. The van der Waals surface area contributed by atoms with Gasteiger partial charge in [0.1, 0.15) is 5.75 Å². The first-order chi connectivity index (χ1) is 13.9. The first kappa shape index (κ1) is 19.4. The van der Waals surface area contributed by atoms with E-state index < -0.39 is 21.8 Å². The first-order valence-electron chi connectivity index (χ1n) is 8.96. The van der Waals surface area contributed by atoms with Crippen LogP contribution in [-0.4, -0.2) is 25.9 Å². The molecule has 0 saturated carbocycles. The number of hydrogen-bond donors (Lipinski definition) is 0. The lowest BCUT2D eigenvalue weighted by Crippen LogP contribution is -2.35. The van der Waals surface area contributed by atoms with Gasteiger partial charge in [-0.05, 0) is 48.9 Å². The van der Waals surface area contributed by atoms with Gasteiger partial charge in [-0.1, -0.05) is 35.9 Å². The molecule has 6 nitrogen and oxygen atoms in total. The van der Waals surface area contributed by atoms with E-state index in [9.17, 15) is 13.2 Å². The summed E-state index contributed by atoms with van der Waals surface area (Å²) in [4.78, 5) is 17.4. The molecule has 0 saturated heterocycles. The summed E-state index contributed by atoms with van der Waals surface area (Å²) >= 11 is 6.18. The predicted octanol–water partition coefficient (Wildman–Crippen LogP) is 4.00. The largest absolute Gasteiger partial charge is 0.494 e. The van der Waals surface area contributed by atoms with Crippen LogP contribution in [-0.2, 0) is 14.8 Å². The molecule has 3 aromatic rings. The maximum absolute atomic E-state index is 13.5. The Morgan fingerprint density at radius 3 is 2.55 bits per heavy atom. The Balaban J connectivity index is 1.92. The summed E-state index contributed by atoms with van der Waals surface area (Å²) in [6.07, 6.45) is 1.37. The summed E-state index contributed by atoms with van der Waals surface area (Å²) in [5, 5.41) is 0.209. The van der Waals surface area contributed by atoms with Gasteiger partial charge in [0.15, 0.2) is 5.03 Å². The molecule has 1 aliphatic rings. The molecule has 1 amide bonds. The Kier molecular flexibility index (Phi) is 5.02. The fourth-order valence-electron chi connectivity index (χ4n) is 3.46. The maximum Gasteiger partial charge on any atom is 0.288 e. The summed E-state index contributed by atoms with van der Waals surface area (Å²) in [5.41, 5.74) is 1.36. The molecule has 1 unspecified atom stereocenters. The van der Waals surface area contributed by atoms with Gasteiger partial charge in [0.05, 0.1) is 18.2 Å². The van der Waals surface area contributed by atoms with E-state index in [-0.39, 0.29) is 10.7 Å². The molecular formula is C21H17ClN2O4S. The van der Waals surface area contributed by atoms with Crippen molar-refractivity contribution in [1.29, 1.82) is 0 Å². The van der Waals surface area contributed by atoms with Gasteiger partial charge in [-0.3, -0.25) is 4.79 Å². The number of aromatic nitrogens is 1. The van der Waals surface area contributed by atoms with Crippen LogP contribution in [0.1, 0.15) is 24.0 Å². The predicted molar refractivity (Wildman–Crippen MR) is 110 cm³/mol. The van der Waals surface area contributed by atoms with Gasteiger partial charge in [0, 0.05) is 16.8 Å². The van der Waals surface area contributed by atoms with Gasteiger partial charge in [-0.15, -0.1) is 0 Å². The van der Waals surface area contributed by atoms with Crippen LogP contribution in [0.15, 0.2) is 71.9 Å². The molecular weight excluding hydrogens is 412 g/mol. The Hall–Kier alpha value is -2.90. The maximum atomic E-state index is 13.5. The van der Waals surface area contributed by atoms with Crippen molar-refractivity contribution in [2.24, 2.45) is 0 Å². The van der Waals surface area contributed by atoms with Gasteiger partial charge in [-0.2, -0.15) is 8.42 Å². The van der Waals surface area contributed by atoms with Crippen LogP contribution in [0.25, 0.3) is 0 Å². The molecule has 0 aliphatic carbocycles. The van der Waals surface area contributed by atoms with E-state index in [2.05, 4.69) is 4.98 Å². The number of fused-ring (bicyclic) bond motifs is 1. The van der Waals surface area contributed by atoms with Crippen LogP contribution < -0.4 is 9.04 Å². The monoisotopic (exact) mass is 428 g/mol. The lowest BCUT2D eigenvalue weighted by molar-refractivity contribution is -0.117. The van der Waals surface area contributed by atoms with Crippen LogP contribution in [0.5, 0.6) is 5.75 Å². The summed E-state index contributed by atoms with van der Waals surface area (Å²) in [6.45, 7) is 2.26. The van der Waals surface area contributed by atoms with Crippen molar-refractivity contribution in [2.75, 3.05) is 10.9 Å². The Morgan fingerprint density at radius 2 is 1.83 bits per heavy atom. The van der Waals surface area contributed by atoms with E-state index in [1.165, 1.54) is 12.3 Å². The number of hydrogen-bond acceptors (Lipinski definition) is 5. The molecule has 2 heterocycles. The lowest BCUT2D eigenvalue weighted by Gasteiger charge is -2.18. The van der Waals surface area contributed by atoms with E-state index in [0.717, 1.165) is 4.31 Å². The van der Waals surface area contributed by atoms with Crippen molar-refractivity contribution in [2.45, 2.75) is 17.9 Å². The van der Waals surface area contributed by atoms with Crippen molar-refractivity contribution in [3.05, 3.63) is 83.0 Å². The molecule has 1 aliphatic heterocycles. The quantitative estimate of drug-likeness (QED) is 0.613. The zero-order valence-electron chi connectivity index (χ0n) is 15.4. The zero-order valence-corrected chi connectivity index (χ0v) is 17.0. The molecule has 1 aromatic heterocycles. The number of halogens is 1. The standard InChI is InChI=1S/C21H17ClN2O4S/c1-2-28-18-8-4-3-7-15(18)20-16-13-14(22)10-11-17(16)24(21(20)25)29(26,27)19-9-5-6-12-23-19/h3-13,20H,2H2,1H3. The highest BCUT2D eigenvalue weighted by atomic mass is 35.5. The fourth-order valence-corrected chi connectivity index (χ4v) is 5.04. The van der Waals surface area contributed by atoms with Crippen LogP contribution >= 0.6 is 11.6 Å². The minimum Gasteiger partial charge on any atom is -0.494 e. The van der Waals surface area contributed by atoms with Gasteiger partial charge >= 0.3 is 0 Å². The lowest BCUT2D eigenvalue weighted by atomic mass is 9.92. The number of para-hydroxylation sites is 1. The molecule has 8 heteroatoms. The normalized spacial score (nSPS) is 16.0. The second-order valence-electron chi connectivity index (χ2n) is 6.38. The van der Waals surface area contributed by atoms with Gasteiger partial charge in [0.2, 0.25) is 0 Å². The van der Waals surface area contributed by atoms with Crippen molar-refractivity contribution < 1.29 is 17.9 Å². The van der Waals surface area contributed by atoms with E-state index >= 15 is 0 Å². The van der Waals surface area contributed by atoms with Crippen LogP contribution in [0.2, 0.25) is 5.02 Å². The third kappa shape index (κ3) is 3.26. The topological polar surface area (TPSA) is 76.6 Å². The number of benzene rings is 2. The average molecular weight is 429 g/mol. The Bertz CT molecular complexity index is 1180. The molecule has 1 atom stereocenters. The molecule has 0 radical (unpaired) electrons. The first-order valence-corrected chi connectivity index (χ1v) is 10.8. The van der Waals surface area contributed by atoms with Crippen molar-refractivity contribution in [3.63, 3.8) is 0 Å². The number of anilines is 1. The molecule has 0 bridgehead atoms. The number of ether oxygens (including phenoxy) is 1. The van der Waals surface area contributed by atoms with E-state index in [0.29, 0.717) is 28.5 Å². The van der Waals surface area contributed by atoms with Gasteiger partial charge < -0.3 is 4.74 Å². The second-order valence-corrected chi connectivity index (χ2v) is 8.55. The SMILES string of the molecule is CCOc1ccccc1C1C(=O)N(S(=O)(=O)c2ccccn2)c2ccc(Cl)cc21. The molecule has 2 aromatic carbocycles. The summed E-state index contributed by atoms with van der Waals surface area (Å²) in [5.74, 6) is -0.929. The second kappa shape index (κ2) is 7.50. The van der Waals surface area contributed by atoms with Crippen LogP contribution in [0, 0.1) is 0 Å². The van der Waals surface area contributed by atoms with Crippen LogP contribution in [0.3, 0.4) is 0 Å². The third-order valence-corrected chi connectivity index (χ3v) is 6.50. The average Bonchev–Trinajstić information content (AvgIpc) is 3.01. The number of pyridine rings is 1. The summed E-state index contributed by atoms with van der Waals surface area (Å²) in [7, 11) is -4.19. The highest BCUT2D eigenvalue weighted by molar-refractivity contribution is 7.93. The number of sulfonamides is 1. The smallest absolute Gasteiger partial charge is 0.288 e. The molecule has 4 rings (SSSR count). The van der Waals surface area contributed by atoms with Crippen molar-refractivity contribution in [3.8, 4) is 5.75 Å². The van der Waals surface area contributed by atoms with Gasteiger partial charge in [0.25, 0.3) is 15.9 Å². The molecule has 0 N–H and O–H groups in total. The fraction of sp³-hybridized carbons (Fsp3) is 0.143. The number of rotatable bonds is 5. The Labute approximate surface area is 173 Å². The molecule has 0 fully saturated rings. The number of carbonyl (C=O) groups is 1. The molecule has 148 valence electrons. The highest BCUT2D eigenvalue weighted by Gasteiger charge is 2.46. The van der Waals surface area contributed by atoms with Crippen molar-refractivity contribution >= 4 is 33.2 Å². The number of amides is 1. The van der Waals surface area contributed by atoms with Gasteiger partial charge in [-0.25, -0.2) is 9.29 Å². The summed E-state index contributed by atoms with van der Waals surface area (Å²) < 4.78 is 33.0. The number of carbonyl (C=O) groups excluding carboxylic acids is 1. The van der Waals surface area contributed by atoms with Crippen molar-refractivity contribution in [1.82, 2.24) is 4.98 Å². The molecule has 29 heavy (non-hydrogen) atoms. The third-order valence-electron chi connectivity index (χ3n) is 4.64. The minimum absolute atomic E-state index is 0.201. The Morgan fingerprint density at radius 1 is 1.07 bits per heavy atom. The van der Waals surface area contributed by atoms with E-state index in [1.54, 1.807) is 54.6 Å². The van der Waals surface area contributed by atoms with E-state index in [1.807, 2.05) is 6.92 Å². The zero-order chi connectivity index (χ0) is 20.6.